The molecule has 4 heteroatoms. The topological polar surface area (TPSA) is 26.3 Å². The quantitative estimate of drug-likeness (QED) is 0.786. The molecule has 0 spiro atoms. The van der Waals surface area contributed by atoms with E-state index in [1.165, 1.54) is 18.2 Å². The van der Waals surface area contributed by atoms with E-state index in [1.807, 2.05) is 6.07 Å². The number of ketones is 1. The Morgan fingerprint density at radius 3 is 2.53 bits per heavy atom. The summed E-state index contributed by atoms with van der Waals surface area (Å²) in [7, 11) is 0. The zero-order valence-electron chi connectivity index (χ0n) is 10.3. The number of ether oxygens (including phenoxy) is 1. The van der Waals surface area contributed by atoms with Crippen LogP contribution in [0.2, 0.25) is 5.02 Å². The number of Topliss-reactive ketones (excluding diaryl/α,β-unsaturated/α-hetero) is 1. The third-order valence-corrected chi connectivity index (χ3v) is 2.92. The Morgan fingerprint density at radius 2 is 1.89 bits per heavy atom. The Morgan fingerprint density at radius 1 is 1.21 bits per heavy atom. The van der Waals surface area contributed by atoms with E-state index in [-0.39, 0.29) is 10.8 Å². The summed E-state index contributed by atoms with van der Waals surface area (Å²) in [4.78, 5) is 12.1. The minimum Gasteiger partial charge on any atom is -0.483 e. The van der Waals surface area contributed by atoms with Gasteiger partial charge in [-0.2, -0.15) is 0 Å². The number of carbonyl (C=O) groups is 1. The van der Waals surface area contributed by atoms with Crippen molar-refractivity contribution in [3.05, 3.63) is 64.9 Å². The van der Waals surface area contributed by atoms with Crippen molar-refractivity contribution in [2.45, 2.75) is 13.0 Å². The molecule has 0 radical (unpaired) electrons. The van der Waals surface area contributed by atoms with Crippen LogP contribution in [-0.2, 0) is 0 Å². The average molecular weight is 279 g/mol. The molecule has 0 amide bonds. The zero-order chi connectivity index (χ0) is 13.8. The third-order valence-electron chi connectivity index (χ3n) is 2.63. The second kappa shape index (κ2) is 5.85. The first-order valence-corrected chi connectivity index (χ1v) is 6.16. The van der Waals surface area contributed by atoms with Crippen LogP contribution in [0, 0.1) is 5.82 Å². The maximum absolute atomic E-state index is 13.0. The van der Waals surface area contributed by atoms with Crippen molar-refractivity contribution in [2.24, 2.45) is 0 Å². The third kappa shape index (κ3) is 3.32. The summed E-state index contributed by atoms with van der Waals surface area (Å²) in [6.45, 7) is 1.65. The van der Waals surface area contributed by atoms with E-state index in [4.69, 9.17) is 16.3 Å². The maximum atomic E-state index is 13.0. The molecule has 0 aliphatic heterocycles. The lowest BCUT2D eigenvalue weighted by atomic mass is 10.1. The summed E-state index contributed by atoms with van der Waals surface area (Å²) in [6, 6.07) is 12.9. The SMILES string of the molecule is C[C@H](Oc1ccc(F)c(Cl)c1)C(=O)c1ccccc1. The fraction of sp³-hybridized carbons (Fsp3) is 0.133. The molecule has 0 aliphatic carbocycles. The molecule has 2 aromatic carbocycles. The minimum absolute atomic E-state index is 0.0307. The first-order chi connectivity index (χ1) is 9.08. The first-order valence-electron chi connectivity index (χ1n) is 5.79. The van der Waals surface area contributed by atoms with E-state index < -0.39 is 11.9 Å². The molecule has 0 saturated carbocycles. The molecule has 2 nitrogen and oxygen atoms in total. The molecule has 98 valence electrons. The van der Waals surface area contributed by atoms with E-state index in [0.717, 1.165) is 0 Å². The second-order valence-electron chi connectivity index (χ2n) is 4.07. The summed E-state index contributed by atoms with van der Waals surface area (Å²) < 4.78 is 18.5. The highest BCUT2D eigenvalue weighted by Gasteiger charge is 2.16. The minimum atomic E-state index is -0.663. The largest absolute Gasteiger partial charge is 0.483 e. The molecule has 0 fully saturated rings. The summed E-state index contributed by atoms with van der Waals surface area (Å²) in [5.74, 6) is -0.291. The lowest BCUT2D eigenvalue weighted by Crippen LogP contribution is -2.23. The van der Waals surface area contributed by atoms with E-state index in [9.17, 15) is 9.18 Å². The summed E-state index contributed by atoms with van der Waals surface area (Å²) >= 11 is 5.65. The number of carbonyl (C=O) groups excluding carboxylic acids is 1. The Labute approximate surface area is 115 Å². The van der Waals surface area contributed by atoms with Gasteiger partial charge < -0.3 is 4.74 Å². The molecule has 0 bridgehead atoms. The summed E-state index contributed by atoms with van der Waals surface area (Å²) in [6.07, 6.45) is -0.663. The highest BCUT2D eigenvalue weighted by molar-refractivity contribution is 6.30. The lowest BCUT2D eigenvalue weighted by Gasteiger charge is -2.14. The second-order valence-corrected chi connectivity index (χ2v) is 4.47. The smallest absolute Gasteiger partial charge is 0.202 e. The molecule has 0 heterocycles. The van der Waals surface area contributed by atoms with Gasteiger partial charge in [0.05, 0.1) is 5.02 Å². The molecular formula is C15H12ClFO2. The molecular weight excluding hydrogens is 267 g/mol. The normalized spacial score (nSPS) is 11.9. The van der Waals surface area contributed by atoms with Crippen LogP contribution in [0.15, 0.2) is 48.5 Å². The van der Waals surface area contributed by atoms with Gasteiger partial charge in [0.1, 0.15) is 11.6 Å². The van der Waals surface area contributed by atoms with Crippen LogP contribution < -0.4 is 4.74 Å². The average Bonchev–Trinajstić information content (AvgIpc) is 2.43. The Hall–Kier alpha value is -1.87. The first kappa shape index (κ1) is 13.6. The van der Waals surface area contributed by atoms with Crippen LogP contribution in [0.1, 0.15) is 17.3 Å². The number of benzene rings is 2. The lowest BCUT2D eigenvalue weighted by molar-refractivity contribution is 0.0818. The highest BCUT2D eigenvalue weighted by Crippen LogP contribution is 2.22. The standard InChI is InChI=1S/C15H12ClFO2/c1-10(15(18)11-5-3-2-4-6-11)19-12-7-8-14(17)13(16)9-12/h2-10H,1H3/t10-/m0/s1. The van der Waals surface area contributed by atoms with Gasteiger partial charge in [0, 0.05) is 11.6 Å². The van der Waals surface area contributed by atoms with Gasteiger partial charge in [-0.15, -0.1) is 0 Å². The summed E-state index contributed by atoms with van der Waals surface area (Å²) in [5.41, 5.74) is 0.572. The Bertz CT molecular complexity index is 584. The van der Waals surface area contributed by atoms with Crippen LogP contribution in [0.25, 0.3) is 0 Å². The van der Waals surface area contributed by atoms with Gasteiger partial charge in [-0.1, -0.05) is 41.9 Å². The monoisotopic (exact) mass is 278 g/mol. The van der Waals surface area contributed by atoms with Crippen molar-refractivity contribution < 1.29 is 13.9 Å². The predicted molar refractivity (Wildman–Crippen MR) is 72.3 cm³/mol. The van der Waals surface area contributed by atoms with Crippen LogP contribution >= 0.6 is 11.6 Å². The fourth-order valence-electron chi connectivity index (χ4n) is 1.64. The molecule has 0 aliphatic rings. The van der Waals surface area contributed by atoms with Gasteiger partial charge in [0.25, 0.3) is 0 Å². The molecule has 0 aromatic heterocycles. The van der Waals surface area contributed by atoms with Crippen molar-refractivity contribution in [1.29, 1.82) is 0 Å². The predicted octanol–water partition coefficient (Wildman–Crippen LogP) is 4.13. The van der Waals surface area contributed by atoms with Crippen molar-refractivity contribution in [2.75, 3.05) is 0 Å². The van der Waals surface area contributed by atoms with Crippen LogP contribution in [0.5, 0.6) is 5.75 Å². The summed E-state index contributed by atoms with van der Waals surface area (Å²) in [5, 5.41) is -0.0307. The van der Waals surface area contributed by atoms with Gasteiger partial charge in [-0.05, 0) is 19.1 Å². The van der Waals surface area contributed by atoms with E-state index >= 15 is 0 Å². The number of halogens is 2. The van der Waals surface area contributed by atoms with Crippen molar-refractivity contribution >= 4 is 17.4 Å². The van der Waals surface area contributed by atoms with Crippen molar-refractivity contribution in [1.82, 2.24) is 0 Å². The fourth-order valence-corrected chi connectivity index (χ4v) is 1.82. The van der Waals surface area contributed by atoms with Gasteiger partial charge in [-0.25, -0.2) is 4.39 Å². The molecule has 2 aromatic rings. The Kier molecular flexibility index (Phi) is 4.17. The van der Waals surface area contributed by atoms with Gasteiger partial charge in [0.2, 0.25) is 5.78 Å². The number of hydrogen-bond donors (Lipinski definition) is 0. The van der Waals surface area contributed by atoms with E-state index in [1.54, 1.807) is 31.2 Å². The highest BCUT2D eigenvalue weighted by atomic mass is 35.5. The van der Waals surface area contributed by atoms with E-state index in [0.29, 0.717) is 11.3 Å². The Balaban J connectivity index is 2.10. The molecule has 0 saturated heterocycles. The van der Waals surface area contributed by atoms with Crippen LogP contribution in [-0.4, -0.2) is 11.9 Å². The van der Waals surface area contributed by atoms with Gasteiger partial charge in [-0.3, -0.25) is 4.79 Å². The van der Waals surface area contributed by atoms with Crippen LogP contribution in [0.4, 0.5) is 4.39 Å². The van der Waals surface area contributed by atoms with Crippen molar-refractivity contribution in [3.63, 3.8) is 0 Å². The van der Waals surface area contributed by atoms with Crippen LogP contribution in [0.3, 0.4) is 0 Å². The zero-order valence-corrected chi connectivity index (χ0v) is 11.0. The van der Waals surface area contributed by atoms with Gasteiger partial charge >= 0.3 is 0 Å². The molecule has 0 unspecified atom stereocenters. The van der Waals surface area contributed by atoms with Crippen molar-refractivity contribution in [3.8, 4) is 5.75 Å². The molecule has 2 rings (SSSR count). The van der Waals surface area contributed by atoms with Gasteiger partial charge in [0.15, 0.2) is 6.10 Å². The number of rotatable bonds is 4. The number of hydrogen-bond acceptors (Lipinski definition) is 2. The van der Waals surface area contributed by atoms with E-state index in [2.05, 4.69) is 0 Å². The molecule has 0 N–H and O–H groups in total. The molecule has 19 heavy (non-hydrogen) atoms. The molecule has 1 atom stereocenters. The maximum Gasteiger partial charge on any atom is 0.202 e.